The lowest BCUT2D eigenvalue weighted by Gasteiger charge is -2.09. The highest BCUT2D eigenvalue weighted by atomic mass is 79.9. The molecule has 0 heterocycles. The lowest BCUT2D eigenvalue weighted by Crippen LogP contribution is -2.41. The van der Waals surface area contributed by atoms with Crippen LogP contribution in [0, 0.1) is 13.8 Å². The Balaban J connectivity index is 2.02. The second-order valence-corrected chi connectivity index (χ2v) is 6.54. The summed E-state index contributed by atoms with van der Waals surface area (Å²) in [6.07, 6.45) is 0. The van der Waals surface area contributed by atoms with E-state index in [0.717, 1.165) is 20.1 Å². The Bertz CT molecular complexity index is 681. The van der Waals surface area contributed by atoms with Crippen LogP contribution in [0.1, 0.15) is 31.8 Å². The molecule has 0 aliphatic carbocycles. The maximum Gasteiger partial charge on any atom is 0.269 e. The van der Waals surface area contributed by atoms with Crippen molar-refractivity contribution < 1.29 is 9.59 Å². The van der Waals surface area contributed by atoms with E-state index in [4.69, 9.17) is 0 Å². The number of carbonyl (C=O) groups excluding carboxylic acids is 2. The lowest BCUT2D eigenvalue weighted by molar-refractivity contribution is 0.0846. The Kier molecular flexibility index (Phi) is 5.37. The minimum atomic E-state index is -0.375. The van der Waals surface area contributed by atoms with Gasteiger partial charge in [-0.15, -0.1) is 0 Å². The van der Waals surface area contributed by atoms with Gasteiger partial charge >= 0.3 is 0 Å². The third kappa shape index (κ3) is 3.96. The number of rotatable bonds is 2. The summed E-state index contributed by atoms with van der Waals surface area (Å²) in [5, 5.41) is 0. The average Bonchev–Trinajstić information content (AvgIpc) is 2.50. The second kappa shape index (κ2) is 7.07. The van der Waals surface area contributed by atoms with Crippen LogP contribution in [0.25, 0.3) is 0 Å². The predicted octanol–water partition coefficient (Wildman–Crippen LogP) is 3.90. The third-order valence-corrected chi connectivity index (χ3v) is 4.87. The van der Waals surface area contributed by atoms with Crippen LogP contribution in [-0.4, -0.2) is 11.8 Å². The van der Waals surface area contributed by atoms with Gasteiger partial charge in [-0.25, -0.2) is 0 Å². The largest absolute Gasteiger partial charge is 0.269 e. The molecule has 0 saturated heterocycles. The number of hydrazine groups is 1. The Morgan fingerprint density at radius 3 is 1.45 bits per heavy atom. The van der Waals surface area contributed by atoms with Crippen molar-refractivity contribution in [3.8, 4) is 0 Å². The lowest BCUT2D eigenvalue weighted by atomic mass is 10.1. The van der Waals surface area contributed by atoms with Crippen molar-refractivity contribution in [1.82, 2.24) is 10.9 Å². The molecule has 2 aromatic carbocycles. The van der Waals surface area contributed by atoms with Gasteiger partial charge in [0.1, 0.15) is 0 Å². The molecule has 0 fully saturated rings. The number of hydrogen-bond acceptors (Lipinski definition) is 2. The van der Waals surface area contributed by atoms with Crippen LogP contribution in [0.5, 0.6) is 0 Å². The van der Waals surface area contributed by atoms with Crippen LogP contribution in [0.3, 0.4) is 0 Å². The van der Waals surface area contributed by atoms with Crippen LogP contribution in [0.2, 0.25) is 0 Å². The van der Waals surface area contributed by atoms with E-state index in [1.165, 1.54) is 0 Å². The fourth-order valence-corrected chi connectivity index (χ4v) is 2.48. The first-order valence-electron chi connectivity index (χ1n) is 6.51. The second-order valence-electron chi connectivity index (χ2n) is 4.84. The van der Waals surface area contributed by atoms with Gasteiger partial charge in [-0.05, 0) is 49.2 Å². The fourth-order valence-electron chi connectivity index (χ4n) is 1.73. The van der Waals surface area contributed by atoms with Crippen molar-refractivity contribution in [3.63, 3.8) is 0 Å². The molecular weight excluding hydrogens is 412 g/mol. The van der Waals surface area contributed by atoms with Crippen LogP contribution >= 0.6 is 31.9 Å². The summed E-state index contributed by atoms with van der Waals surface area (Å²) < 4.78 is 1.68. The zero-order valence-electron chi connectivity index (χ0n) is 12.0. The average molecular weight is 426 g/mol. The Morgan fingerprint density at radius 2 is 1.14 bits per heavy atom. The minimum absolute atomic E-state index is 0.375. The summed E-state index contributed by atoms with van der Waals surface area (Å²) in [4.78, 5) is 24.0. The van der Waals surface area contributed by atoms with E-state index in [9.17, 15) is 9.59 Å². The van der Waals surface area contributed by atoms with E-state index in [0.29, 0.717) is 11.1 Å². The molecule has 2 amide bonds. The Hall–Kier alpha value is -1.66. The van der Waals surface area contributed by atoms with Gasteiger partial charge < -0.3 is 0 Å². The number of hydrogen-bond donors (Lipinski definition) is 2. The third-order valence-electron chi connectivity index (χ3n) is 3.16. The summed E-state index contributed by atoms with van der Waals surface area (Å²) in [7, 11) is 0. The highest BCUT2D eigenvalue weighted by Crippen LogP contribution is 2.18. The van der Waals surface area contributed by atoms with Gasteiger partial charge in [-0.3, -0.25) is 20.4 Å². The van der Waals surface area contributed by atoms with E-state index in [1.807, 2.05) is 26.0 Å². The van der Waals surface area contributed by atoms with Crippen LogP contribution in [0.4, 0.5) is 0 Å². The Labute approximate surface area is 145 Å². The van der Waals surface area contributed by atoms with E-state index < -0.39 is 0 Å². The fraction of sp³-hybridized carbons (Fsp3) is 0.125. The molecule has 22 heavy (non-hydrogen) atoms. The molecule has 2 rings (SSSR count). The topological polar surface area (TPSA) is 58.2 Å². The number of nitrogens with one attached hydrogen (secondary N) is 2. The van der Waals surface area contributed by atoms with Crippen molar-refractivity contribution >= 4 is 43.7 Å². The van der Waals surface area contributed by atoms with Crippen molar-refractivity contribution in [3.05, 3.63) is 67.6 Å². The smallest absolute Gasteiger partial charge is 0.267 e. The molecule has 2 aromatic rings. The monoisotopic (exact) mass is 424 g/mol. The van der Waals surface area contributed by atoms with Gasteiger partial charge in [0.2, 0.25) is 0 Å². The van der Waals surface area contributed by atoms with Gasteiger partial charge in [0.25, 0.3) is 11.8 Å². The van der Waals surface area contributed by atoms with Crippen molar-refractivity contribution in [2.45, 2.75) is 13.8 Å². The van der Waals surface area contributed by atoms with E-state index in [2.05, 4.69) is 42.7 Å². The van der Waals surface area contributed by atoms with Crippen LogP contribution in [-0.2, 0) is 0 Å². The molecule has 6 heteroatoms. The van der Waals surface area contributed by atoms with Crippen molar-refractivity contribution in [2.24, 2.45) is 0 Å². The molecule has 0 aliphatic heterocycles. The van der Waals surface area contributed by atoms with Crippen molar-refractivity contribution in [2.75, 3.05) is 0 Å². The molecule has 0 spiro atoms. The van der Waals surface area contributed by atoms with Gasteiger partial charge in [0, 0.05) is 20.1 Å². The first kappa shape index (κ1) is 16.7. The number of halogens is 2. The van der Waals surface area contributed by atoms with E-state index in [1.54, 1.807) is 24.3 Å². The predicted molar refractivity (Wildman–Crippen MR) is 92.7 cm³/mol. The molecule has 2 N–H and O–H groups in total. The summed E-state index contributed by atoms with van der Waals surface area (Å²) in [5.41, 5.74) is 7.79. The van der Waals surface area contributed by atoms with Gasteiger partial charge in [0.15, 0.2) is 0 Å². The summed E-state index contributed by atoms with van der Waals surface area (Å²) in [6.45, 7) is 3.87. The van der Waals surface area contributed by atoms with Crippen LogP contribution in [0.15, 0.2) is 45.3 Å². The number of carbonyl (C=O) groups is 2. The zero-order valence-corrected chi connectivity index (χ0v) is 15.2. The molecule has 114 valence electrons. The zero-order chi connectivity index (χ0) is 16.3. The quantitative estimate of drug-likeness (QED) is 0.716. The number of aryl methyl sites for hydroxylation is 2. The van der Waals surface area contributed by atoms with Crippen molar-refractivity contribution in [1.29, 1.82) is 0 Å². The molecule has 0 aromatic heterocycles. The number of amides is 2. The summed E-state index contributed by atoms with van der Waals surface area (Å²) >= 11 is 6.75. The molecule has 0 unspecified atom stereocenters. The molecule has 4 nitrogen and oxygen atoms in total. The molecule has 0 aliphatic rings. The van der Waals surface area contributed by atoms with Crippen LogP contribution < -0.4 is 10.9 Å². The van der Waals surface area contributed by atoms with Gasteiger partial charge in [0.05, 0.1) is 0 Å². The molecule has 0 atom stereocenters. The minimum Gasteiger partial charge on any atom is -0.267 e. The normalized spacial score (nSPS) is 10.2. The van der Waals surface area contributed by atoms with Gasteiger partial charge in [-0.2, -0.15) is 0 Å². The molecular formula is C16H14Br2N2O2. The summed E-state index contributed by atoms with van der Waals surface area (Å²) in [6, 6.07) is 10.5. The maximum absolute atomic E-state index is 12.0. The highest BCUT2D eigenvalue weighted by Gasteiger charge is 2.10. The first-order valence-corrected chi connectivity index (χ1v) is 8.10. The molecule has 0 saturated carbocycles. The summed E-state index contributed by atoms with van der Waals surface area (Å²) in [5.74, 6) is -0.750. The highest BCUT2D eigenvalue weighted by molar-refractivity contribution is 9.10. The molecule has 0 radical (unpaired) electrons. The standard InChI is InChI=1S/C16H14Br2N2O2/c1-9-3-5-11(7-13(9)17)15(21)19-20-16(22)12-6-4-10(2)14(18)8-12/h3-8H,1-2H3,(H,19,21)(H,20,22). The van der Waals surface area contributed by atoms with Gasteiger partial charge in [-0.1, -0.05) is 44.0 Å². The first-order chi connectivity index (χ1) is 10.4. The molecule has 0 bridgehead atoms. The Morgan fingerprint density at radius 1 is 0.773 bits per heavy atom. The SMILES string of the molecule is Cc1ccc(C(=O)NNC(=O)c2ccc(C)c(Br)c2)cc1Br. The maximum atomic E-state index is 12.0. The van der Waals surface area contributed by atoms with E-state index in [-0.39, 0.29) is 11.8 Å². The number of benzene rings is 2. The van der Waals surface area contributed by atoms with E-state index >= 15 is 0 Å².